The van der Waals surface area contributed by atoms with Crippen molar-refractivity contribution in [3.8, 4) is 11.3 Å². The van der Waals surface area contributed by atoms with Crippen molar-refractivity contribution in [1.29, 1.82) is 0 Å². The molecule has 0 aliphatic heterocycles. The first-order valence-electron chi connectivity index (χ1n) is 8.94. The average molecular weight is 404 g/mol. The SMILES string of the molecule is COC(=O)c1ccn2cc(-c3ccccc3)nc2c1.COC(=O)c1ccnc(N)c1. The molecule has 0 atom stereocenters. The number of imidazole rings is 1. The van der Waals surface area contributed by atoms with Crippen LogP contribution in [-0.2, 0) is 9.47 Å². The van der Waals surface area contributed by atoms with Crippen molar-refractivity contribution < 1.29 is 19.1 Å². The van der Waals surface area contributed by atoms with Gasteiger partial charge in [0.25, 0.3) is 0 Å². The van der Waals surface area contributed by atoms with Gasteiger partial charge in [0, 0.05) is 24.2 Å². The summed E-state index contributed by atoms with van der Waals surface area (Å²) in [6.07, 6.45) is 5.20. The molecule has 152 valence electrons. The van der Waals surface area contributed by atoms with Gasteiger partial charge in [0.1, 0.15) is 11.5 Å². The Balaban J connectivity index is 0.000000199. The summed E-state index contributed by atoms with van der Waals surface area (Å²) < 4.78 is 11.1. The molecule has 0 aliphatic carbocycles. The number of hydrogen-bond acceptors (Lipinski definition) is 7. The minimum absolute atomic E-state index is 0.313. The van der Waals surface area contributed by atoms with Crippen LogP contribution in [-0.4, -0.2) is 40.5 Å². The van der Waals surface area contributed by atoms with Crippen LogP contribution in [0.25, 0.3) is 16.9 Å². The Bertz CT molecular complexity index is 1170. The third-order valence-corrected chi connectivity index (χ3v) is 4.15. The zero-order valence-electron chi connectivity index (χ0n) is 16.5. The second-order valence-corrected chi connectivity index (χ2v) is 6.13. The monoisotopic (exact) mass is 404 g/mol. The first-order chi connectivity index (χ1) is 14.5. The fourth-order valence-corrected chi connectivity index (χ4v) is 2.67. The number of ether oxygens (including phenoxy) is 2. The lowest BCUT2D eigenvalue weighted by Crippen LogP contribution is -2.02. The first-order valence-corrected chi connectivity index (χ1v) is 8.94. The molecule has 2 N–H and O–H groups in total. The van der Waals surface area contributed by atoms with E-state index in [1.165, 1.54) is 26.5 Å². The maximum atomic E-state index is 11.5. The number of anilines is 1. The van der Waals surface area contributed by atoms with Crippen LogP contribution in [0.1, 0.15) is 20.7 Å². The summed E-state index contributed by atoms with van der Waals surface area (Å²) >= 11 is 0. The minimum Gasteiger partial charge on any atom is -0.465 e. The van der Waals surface area contributed by atoms with Crippen molar-refractivity contribution in [3.63, 3.8) is 0 Å². The number of nitrogens with two attached hydrogens (primary N) is 1. The molecule has 0 aliphatic rings. The third kappa shape index (κ3) is 4.79. The van der Waals surface area contributed by atoms with Crippen LogP contribution in [0.2, 0.25) is 0 Å². The van der Waals surface area contributed by atoms with Crippen LogP contribution in [0, 0.1) is 0 Å². The summed E-state index contributed by atoms with van der Waals surface area (Å²) in [5.74, 6) is -0.446. The number of nitrogen functional groups attached to an aromatic ring is 1. The van der Waals surface area contributed by atoms with Gasteiger partial charge in [-0.2, -0.15) is 0 Å². The number of esters is 2. The Morgan fingerprint density at radius 1 is 0.933 bits per heavy atom. The maximum absolute atomic E-state index is 11.5. The van der Waals surface area contributed by atoms with Gasteiger partial charge in [-0.05, 0) is 24.3 Å². The predicted molar refractivity (Wildman–Crippen MR) is 112 cm³/mol. The molecule has 3 heterocycles. The zero-order valence-corrected chi connectivity index (χ0v) is 16.5. The van der Waals surface area contributed by atoms with E-state index in [9.17, 15) is 9.59 Å². The van der Waals surface area contributed by atoms with Crippen LogP contribution >= 0.6 is 0 Å². The third-order valence-electron chi connectivity index (χ3n) is 4.15. The summed E-state index contributed by atoms with van der Waals surface area (Å²) in [6.45, 7) is 0. The molecule has 3 aromatic heterocycles. The molecule has 0 saturated heterocycles. The Morgan fingerprint density at radius 2 is 1.60 bits per heavy atom. The standard InChI is InChI=1S/C15H12N2O2.C7H8N2O2/c1-19-15(18)12-7-8-17-10-13(16-14(17)9-12)11-5-3-2-4-6-11;1-11-7(10)5-2-3-9-6(8)4-5/h2-10H,1H3;2-4H,1H3,(H2,8,9). The largest absolute Gasteiger partial charge is 0.465 e. The summed E-state index contributed by atoms with van der Waals surface area (Å²) in [5, 5.41) is 0. The molecular weight excluding hydrogens is 384 g/mol. The quantitative estimate of drug-likeness (QED) is 0.522. The maximum Gasteiger partial charge on any atom is 0.338 e. The van der Waals surface area contributed by atoms with E-state index in [1.807, 2.05) is 40.9 Å². The summed E-state index contributed by atoms with van der Waals surface area (Å²) in [6, 6.07) is 16.4. The normalized spacial score (nSPS) is 10.1. The number of aromatic nitrogens is 3. The van der Waals surface area contributed by atoms with Gasteiger partial charge in [-0.25, -0.2) is 19.6 Å². The Morgan fingerprint density at radius 3 is 2.23 bits per heavy atom. The number of pyridine rings is 2. The molecule has 8 heteroatoms. The van der Waals surface area contributed by atoms with E-state index in [1.54, 1.807) is 24.4 Å². The fourth-order valence-electron chi connectivity index (χ4n) is 2.67. The lowest BCUT2D eigenvalue weighted by Gasteiger charge is -1.98. The highest BCUT2D eigenvalue weighted by atomic mass is 16.5. The van der Waals surface area contributed by atoms with Crippen molar-refractivity contribution in [1.82, 2.24) is 14.4 Å². The van der Waals surface area contributed by atoms with Gasteiger partial charge in [0.05, 0.1) is 31.0 Å². The van der Waals surface area contributed by atoms with Gasteiger partial charge < -0.3 is 19.6 Å². The van der Waals surface area contributed by atoms with Gasteiger partial charge in [-0.1, -0.05) is 30.3 Å². The Kier molecular flexibility index (Phi) is 6.39. The molecule has 30 heavy (non-hydrogen) atoms. The summed E-state index contributed by atoms with van der Waals surface area (Å²) in [7, 11) is 2.69. The van der Waals surface area contributed by atoms with E-state index in [0.29, 0.717) is 16.9 Å². The number of carbonyl (C=O) groups excluding carboxylic acids is 2. The van der Waals surface area contributed by atoms with E-state index in [2.05, 4.69) is 14.7 Å². The zero-order chi connectivity index (χ0) is 21.5. The van der Waals surface area contributed by atoms with Crippen LogP contribution in [0.5, 0.6) is 0 Å². The van der Waals surface area contributed by atoms with Gasteiger partial charge in [-0.3, -0.25) is 0 Å². The number of rotatable bonds is 3. The first kappa shape index (κ1) is 20.5. The van der Waals surface area contributed by atoms with Crippen molar-refractivity contribution in [2.75, 3.05) is 20.0 Å². The molecule has 0 fully saturated rings. The number of carbonyl (C=O) groups is 2. The van der Waals surface area contributed by atoms with Gasteiger partial charge in [0.2, 0.25) is 0 Å². The second-order valence-electron chi connectivity index (χ2n) is 6.13. The molecule has 0 amide bonds. The Hall–Kier alpha value is -4.20. The van der Waals surface area contributed by atoms with Gasteiger partial charge >= 0.3 is 11.9 Å². The topological polar surface area (TPSA) is 109 Å². The molecule has 8 nitrogen and oxygen atoms in total. The molecule has 1 aromatic carbocycles. The highest BCUT2D eigenvalue weighted by Crippen LogP contribution is 2.19. The molecule has 4 rings (SSSR count). The molecule has 0 unspecified atom stereocenters. The fraction of sp³-hybridized carbons (Fsp3) is 0.0909. The van der Waals surface area contributed by atoms with E-state index < -0.39 is 5.97 Å². The lowest BCUT2D eigenvalue weighted by atomic mass is 10.2. The highest BCUT2D eigenvalue weighted by Gasteiger charge is 2.09. The molecule has 0 radical (unpaired) electrons. The smallest absolute Gasteiger partial charge is 0.338 e. The highest BCUT2D eigenvalue weighted by molar-refractivity contribution is 5.90. The molecule has 0 spiro atoms. The number of hydrogen-bond donors (Lipinski definition) is 1. The van der Waals surface area contributed by atoms with Crippen molar-refractivity contribution >= 4 is 23.4 Å². The van der Waals surface area contributed by atoms with Crippen molar-refractivity contribution in [2.45, 2.75) is 0 Å². The average Bonchev–Trinajstić information content (AvgIpc) is 3.22. The lowest BCUT2D eigenvalue weighted by molar-refractivity contribution is 0.0592. The van der Waals surface area contributed by atoms with Crippen LogP contribution in [0.15, 0.2) is 73.2 Å². The van der Waals surface area contributed by atoms with E-state index >= 15 is 0 Å². The number of benzene rings is 1. The van der Waals surface area contributed by atoms with Crippen molar-refractivity contribution in [3.05, 3.63) is 84.3 Å². The summed E-state index contributed by atoms with van der Waals surface area (Å²) in [4.78, 5) is 30.6. The second kappa shape index (κ2) is 9.33. The number of nitrogens with zero attached hydrogens (tertiary/aromatic N) is 3. The van der Waals surface area contributed by atoms with E-state index in [4.69, 9.17) is 10.5 Å². The Labute approximate surface area is 172 Å². The van der Waals surface area contributed by atoms with Gasteiger partial charge in [0.15, 0.2) is 0 Å². The molecule has 0 bridgehead atoms. The van der Waals surface area contributed by atoms with Crippen molar-refractivity contribution in [2.24, 2.45) is 0 Å². The summed E-state index contributed by atoms with van der Waals surface area (Å²) in [5.41, 5.74) is 8.90. The van der Waals surface area contributed by atoms with E-state index in [-0.39, 0.29) is 5.97 Å². The van der Waals surface area contributed by atoms with Gasteiger partial charge in [-0.15, -0.1) is 0 Å². The van der Waals surface area contributed by atoms with Crippen LogP contribution < -0.4 is 5.73 Å². The van der Waals surface area contributed by atoms with Crippen LogP contribution in [0.3, 0.4) is 0 Å². The van der Waals surface area contributed by atoms with Crippen LogP contribution in [0.4, 0.5) is 5.82 Å². The number of fused-ring (bicyclic) bond motifs is 1. The molecule has 4 aromatic rings. The predicted octanol–water partition coefficient (Wildman–Crippen LogP) is 3.24. The number of methoxy groups -OCH3 is 2. The minimum atomic E-state index is -0.404. The molecular formula is C22H20N4O4. The van der Waals surface area contributed by atoms with E-state index in [0.717, 1.165) is 16.9 Å². The molecule has 0 saturated carbocycles.